The summed E-state index contributed by atoms with van der Waals surface area (Å²) in [5.41, 5.74) is 6.97. The number of nitrogens with two attached hydrogens (primary N) is 1. The number of aliphatic hydroxyl groups is 1. The molecule has 0 saturated carbocycles. The van der Waals surface area contributed by atoms with Crippen LogP contribution in [0, 0.1) is 17.8 Å². The minimum Gasteiger partial charge on any atom is -0.458 e. The van der Waals surface area contributed by atoms with Gasteiger partial charge in [-0.1, -0.05) is 38.1 Å². The van der Waals surface area contributed by atoms with Crippen molar-refractivity contribution in [3.05, 3.63) is 49.1 Å². The van der Waals surface area contributed by atoms with Crippen molar-refractivity contribution in [1.82, 2.24) is 35.2 Å². The molecule has 340 valence electrons. The van der Waals surface area contributed by atoms with E-state index in [0.29, 0.717) is 63.2 Å². The number of unbranched alkanes of at least 4 members (excludes halogenated alkanes) is 1. The third-order valence-electron chi connectivity index (χ3n) is 12.6. The van der Waals surface area contributed by atoms with Crippen LogP contribution in [0.2, 0.25) is 0 Å². The average molecular weight is 864 g/mol. The van der Waals surface area contributed by atoms with Gasteiger partial charge in [-0.25, -0.2) is 9.78 Å². The van der Waals surface area contributed by atoms with Crippen molar-refractivity contribution in [3.8, 4) is 11.3 Å². The first-order valence-corrected chi connectivity index (χ1v) is 21.9. The zero-order valence-corrected chi connectivity index (χ0v) is 37.2. The predicted molar refractivity (Wildman–Crippen MR) is 229 cm³/mol. The maximum absolute atomic E-state index is 14.3. The van der Waals surface area contributed by atoms with Gasteiger partial charge in [0.05, 0.1) is 42.8 Å². The summed E-state index contributed by atoms with van der Waals surface area (Å²) in [6.07, 6.45) is 3.69. The molecule has 3 aliphatic heterocycles. The highest BCUT2D eigenvalue weighted by molar-refractivity contribution is 6.00. The van der Waals surface area contributed by atoms with Crippen LogP contribution in [-0.2, 0) is 39.8 Å². The van der Waals surface area contributed by atoms with Crippen LogP contribution in [0.1, 0.15) is 80.6 Å². The monoisotopic (exact) mass is 863 g/mol. The quantitative estimate of drug-likeness (QED) is 0.0865. The maximum Gasteiger partial charge on any atom is 0.410 e. The Morgan fingerprint density at radius 2 is 1.85 bits per heavy atom. The van der Waals surface area contributed by atoms with Crippen LogP contribution >= 0.6 is 0 Å². The molecule has 1 aromatic carbocycles. The number of hydrogen-bond donors (Lipinski definition) is 4. The maximum atomic E-state index is 14.3. The minimum atomic E-state index is -1.24. The Balaban J connectivity index is 1.19. The molecule has 0 radical (unpaired) electrons. The zero-order valence-electron chi connectivity index (χ0n) is 37.2. The number of fused-ring (bicyclic) bond motifs is 1. The Labute approximate surface area is 363 Å². The van der Waals surface area contributed by atoms with Gasteiger partial charge in [-0.15, -0.1) is 5.10 Å². The molecule has 18 heteroatoms. The van der Waals surface area contributed by atoms with Crippen molar-refractivity contribution in [3.63, 3.8) is 0 Å². The van der Waals surface area contributed by atoms with Crippen molar-refractivity contribution in [2.45, 2.75) is 148 Å². The molecule has 0 spiro atoms. The number of aryl methyl sites for hydroxylation is 1. The summed E-state index contributed by atoms with van der Waals surface area (Å²) in [7, 11) is 1.56. The summed E-state index contributed by atoms with van der Waals surface area (Å²) in [6.45, 7) is 14.4. The van der Waals surface area contributed by atoms with E-state index >= 15 is 0 Å². The SMILES string of the molecule is CC[C@H]1OC(=O)[C@H](C)C(=O)[C@H](C)[C@@H](O[C@@H]2OC(C)CC(Nc3cnccn3)C2O)[C@H](OC)C[C@@H](C)CN[C@H](C)[C@H]2N(CCCCn3cc(-c4cccc(N)c4)nn3)C(=O)O[C@]12C. The molecule has 3 unspecified atom stereocenters. The van der Waals surface area contributed by atoms with Crippen LogP contribution in [0.15, 0.2) is 49.1 Å². The molecule has 13 atom stereocenters. The molecule has 3 aliphatic rings. The average Bonchev–Trinajstić information content (AvgIpc) is 3.83. The van der Waals surface area contributed by atoms with E-state index in [1.165, 1.54) is 6.92 Å². The second kappa shape index (κ2) is 20.6. The van der Waals surface area contributed by atoms with Gasteiger partial charge in [-0.3, -0.25) is 24.2 Å². The number of ether oxygens (including phenoxy) is 5. The Hall–Kier alpha value is -4.75. The van der Waals surface area contributed by atoms with E-state index in [1.807, 2.05) is 58.2 Å². The lowest BCUT2D eigenvalue weighted by molar-refractivity contribution is -0.274. The summed E-state index contributed by atoms with van der Waals surface area (Å²) in [4.78, 5) is 52.3. The second-order valence-corrected chi connectivity index (χ2v) is 17.4. The number of benzene rings is 1. The minimum absolute atomic E-state index is 0.0157. The second-order valence-electron chi connectivity index (χ2n) is 17.4. The van der Waals surface area contributed by atoms with Crippen LogP contribution in [0.4, 0.5) is 16.3 Å². The number of amides is 1. The molecule has 3 fully saturated rings. The molecule has 3 aromatic rings. The number of carbonyl (C=O) groups is 3. The number of esters is 1. The molecule has 3 saturated heterocycles. The number of ketones is 1. The number of nitrogens with one attached hydrogen (secondary N) is 2. The Morgan fingerprint density at radius 1 is 1.08 bits per heavy atom. The number of nitrogens with zero attached hydrogens (tertiary/aromatic N) is 6. The molecule has 0 bridgehead atoms. The van der Waals surface area contributed by atoms with Gasteiger partial charge in [-0.2, -0.15) is 0 Å². The number of rotatable bonds is 12. The van der Waals surface area contributed by atoms with E-state index in [4.69, 9.17) is 29.4 Å². The van der Waals surface area contributed by atoms with Crippen LogP contribution < -0.4 is 16.4 Å². The normalized spacial score (nSPS) is 33.8. The van der Waals surface area contributed by atoms with E-state index in [1.54, 1.807) is 42.2 Å². The van der Waals surface area contributed by atoms with Crippen molar-refractivity contribution in [1.29, 1.82) is 0 Å². The fourth-order valence-electron chi connectivity index (χ4n) is 9.19. The molecule has 18 nitrogen and oxygen atoms in total. The molecule has 2 aromatic heterocycles. The van der Waals surface area contributed by atoms with Crippen LogP contribution in [0.25, 0.3) is 11.3 Å². The summed E-state index contributed by atoms with van der Waals surface area (Å²) in [5, 5.41) is 27.1. The molecule has 1 amide bonds. The highest BCUT2D eigenvalue weighted by Gasteiger charge is 2.58. The van der Waals surface area contributed by atoms with E-state index in [-0.39, 0.29) is 18.1 Å². The number of methoxy groups -OCH3 is 1. The fraction of sp³-hybridized carbons (Fsp3) is 0.659. The van der Waals surface area contributed by atoms with Crippen molar-refractivity contribution >= 4 is 29.4 Å². The number of Topliss-reactive ketones (excluding diaryl/α,β-unsaturated/α-hetero) is 1. The van der Waals surface area contributed by atoms with Gasteiger partial charge in [0.15, 0.2) is 17.7 Å². The van der Waals surface area contributed by atoms with Crippen molar-refractivity contribution in [2.75, 3.05) is 31.2 Å². The number of carbonyl (C=O) groups excluding carboxylic acids is 3. The van der Waals surface area contributed by atoms with Gasteiger partial charge >= 0.3 is 12.1 Å². The number of anilines is 2. The third kappa shape index (κ3) is 10.7. The standard InChI is InChI=1S/C44H65N9O9/c1-9-35-44(7)40(53(43(57)62-44)18-11-10-17-52-24-33(50-51-52)30-13-12-14-31(45)21-30)29(6)48-22-25(2)19-34(58-8)39(27(4)37(54)28(5)41(56)60-35)61-42-38(55)32(20-26(3)59-42)49-36-23-46-15-16-47-36/h12-16,21,23-29,32,34-35,38-40,42,48,55H,9-11,17-20,22,45H2,1-8H3,(H,47,49)/t25-,26?,27+,28-,29-,32?,34-,35-,38?,39-,40-,42+,44-/m1/s1. The largest absolute Gasteiger partial charge is 0.458 e. The third-order valence-corrected chi connectivity index (χ3v) is 12.6. The first-order valence-electron chi connectivity index (χ1n) is 21.9. The lowest BCUT2D eigenvalue weighted by Gasteiger charge is -2.42. The summed E-state index contributed by atoms with van der Waals surface area (Å²) >= 11 is 0. The molecule has 0 aliphatic carbocycles. The molecule has 5 heterocycles. The Kier molecular flexibility index (Phi) is 15.5. The van der Waals surface area contributed by atoms with Gasteiger partial charge in [0.1, 0.15) is 29.6 Å². The lowest BCUT2D eigenvalue weighted by atomic mass is 9.84. The van der Waals surface area contributed by atoms with Gasteiger partial charge in [0, 0.05) is 55.8 Å². The Bertz CT molecular complexity index is 1960. The van der Waals surface area contributed by atoms with Crippen molar-refractivity contribution < 1.29 is 43.2 Å². The predicted octanol–water partition coefficient (Wildman–Crippen LogP) is 4.23. The van der Waals surface area contributed by atoms with Crippen LogP contribution in [0.3, 0.4) is 0 Å². The molecule has 5 N–H and O–H groups in total. The van der Waals surface area contributed by atoms with Gasteiger partial charge in [0.2, 0.25) is 0 Å². The van der Waals surface area contributed by atoms with E-state index < -0.39 is 78.1 Å². The molecule has 62 heavy (non-hydrogen) atoms. The highest BCUT2D eigenvalue weighted by atomic mass is 16.7. The van der Waals surface area contributed by atoms with E-state index in [2.05, 4.69) is 37.8 Å². The summed E-state index contributed by atoms with van der Waals surface area (Å²) < 4.78 is 33.0. The molecular weight excluding hydrogens is 799 g/mol. The van der Waals surface area contributed by atoms with Gasteiger partial charge in [-0.05, 0) is 84.4 Å². The first-order chi connectivity index (χ1) is 29.6. The molecular formula is C44H65N9O9. The smallest absolute Gasteiger partial charge is 0.410 e. The van der Waals surface area contributed by atoms with Gasteiger partial charge < -0.3 is 45.2 Å². The van der Waals surface area contributed by atoms with E-state index in [9.17, 15) is 19.5 Å². The first kappa shape index (κ1) is 46.7. The van der Waals surface area contributed by atoms with Crippen LogP contribution in [0.5, 0.6) is 0 Å². The van der Waals surface area contributed by atoms with E-state index in [0.717, 1.165) is 11.3 Å². The zero-order chi connectivity index (χ0) is 44.7. The highest BCUT2D eigenvalue weighted by Crippen LogP contribution is 2.39. The number of aliphatic hydroxyl groups excluding tert-OH is 1. The molecule has 6 rings (SSSR count). The summed E-state index contributed by atoms with van der Waals surface area (Å²) in [5.74, 6) is -2.75. The fourth-order valence-corrected chi connectivity index (χ4v) is 9.19. The summed E-state index contributed by atoms with van der Waals surface area (Å²) in [6, 6.07) is 6.16. The topological polar surface area (TPSA) is 227 Å². The number of hydrogen-bond acceptors (Lipinski definition) is 16. The van der Waals surface area contributed by atoms with Gasteiger partial charge in [0.25, 0.3) is 0 Å². The van der Waals surface area contributed by atoms with Crippen molar-refractivity contribution in [2.24, 2.45) is 17.8 Å². The number of aromatic nitrogens is 5. The number of cyclic esters (lactones) is 1. The Morgan fingerprint density at radius 3 is 2.56 bits per heavy atom. The number of nitrogen functional groups attached to an aromatic ring is 1. The lowest BCUT2D eigenvalue weighted by Crippen LogP contribution is -2.60. The van der Waals surface area contributed by atoms with Crippen LogP contribution in [-0.4, -0.2) is 134 Å².